The van der Waals surface area contributed by atoms with E-state index in [0.717, 1.165) is 29.0 Å². The quantitative estimate of drug-likeness (QED) is 0.879. The first kappa shape index (κ1) is 13.9. The molecule has 0 unspecified atom stereocenters. The molecule has 0 radical (unpaired) electrons. The Morgan fingerprint density at radius 2 is 2.00 bits per heavy atom. The van der Waals surface area contributed by atoms with Crippen molar-refractivity contribution in [1.29, 1.82) is 0 Å². The third-order valence-electron chi connectivity index (χ3n) is 3.30. The van der Waals surface area contributed by atoms with Gasteiger partial charge in [-0.25, -0.2) is 0 Å². The van der Waals surface area contributed by atoms with Crippen LogP contribution >= 0.6 is 27.3 Å². The molecule has 0 atom stereocenters. The number of benzene rings is 1. The van der Waals surface area contributed by atoms with Gasteiger partial charge in [0, 0.05) is 11.4 Å². The van der Waals surface area contributed by atoms with Gasteiger partial charge in [0.2, 0.25) is 0 Å². The van der Waals surface area contributed by atoms with Gasteiger partial charge in [0.05, 0.1) is 3.79 Å². The van der Waals surface area contributed by atoms with Gasteiger partial charge in [-0.05, 0) is 64.3 Å². The zero-order valence-corrected chi connectivity index (χ0v) is 13.5. The van der Waals surface area contributed by atoms with Gasteiger partial charge in [0.25, 0.3) is 0 Å². The molecular weight excluding hydrogens is 334 g/mol. The van der Waals surface area contributed by atoms with E-state index in [2.05, 4.69) is 63.7 Å². The summed E-state index contributed by atoms with van der Waals surface area (Å²) < 4.78 is 6.95. The first-order valence-electron chi connectivity index (χ1n) is 6.68. The summed E-state index contributed by atoms with van der Waals surface area (Å²) in [6, 6.07) is 12.5. The van der Waals surface area contributed by atoms with Crippen molar-refractivity contribution in [3.8, 4) is 5.75 Å². The Labute approximate surface area is 131 Å². The minimum Gasteiger partial charge on any atom is -0.488 e. The van der Waals surface area contributed by atoms with Crippen molar-refractivity contribution in [2.24, 2.45) is 0 Å². The minimum absolute atomic E-state index is 0.627. The van der Waals surface area contributed by atoms with Gasteiger partial charge < -0.3 is 10.1 Å². The molecule has 1 aromatic heterocycles. The normalized spacial score (nSPS) is 14.9. The van der Waals surface area contributed by atoms with Gasteiger partial charge >= 0.3 is 0 Å². The van der Waals surface area contributed by atoms with Gasteiger partial charge in [0.15, 0.2) is 0 Å². The maximum absolute atomic E-state index is 5.81. The third-order valence-corrected chi connectivity index (χ3v) is 4.90. The molecule has 20 heavy (non-hydrogen) atoms. The Hall–Kier alpha value is -1.10. The molecule has 0 saturated carbocycles. The summed E-state index contributed by atoms with van der Waals surface area (Å²) in [5.74, 6) is 0.924. The second-order valence-corrected chi connectivity index (χ2v) is 7.25. The summed E-state index contributed by atoms with van der Waals surface area (Å²) in [4.78, 5) is 1.22. The van der Waals surface area contributed by atoms with E-state index in [4.69, 9.17) is 4.74 Å². The number of nitrogens with one attached hydrogen (secondary N) is 1. The van der Waals surface area contributed by atoms with E-state index in [0.29, 0.717) is 6.61 Å². The Morgan fingerprint density at radius 3 is 2.65 bits per heavy atom. The van der Waals surface area contributed by atoms with Crippen LogP contribution in [0.4, 0.5) is 0 Å². The highest BCUT2D eigenvalue weighted by Gasteiger charge is 2.06. The lowest BCUT2D eigenvalue weighted by Gasteiger charge is -2.14. The highest BCUT2D eigenvalue weighted by Crippen LogP contribution is 2.25. The van der Waals surface area contributed by atoms with Crippen LogP contribution in [0.25, 0.3) is 5.57 Å². The zero-order chi connectivity index (χ0) is 13.8. The molecule has 1 aliphatic rings. The fraction of sp³-hybridized carbons (Fsp3) is 0.250. The van der Waals surface area contributed by atoms with E-state index >= 15 is 0 Å². The van der Waals surface area contributed by atoms with E-state index in [1.54, 1.807) is 11.3 Å². The van der Waals surface area contributed by atoms with Crippen molar-refractivity contribution in [3.05, 3.63) is 56.7 Å². The van der Waals surface area contributed by atoms with Gasteiger partial charge in [0.1, 0.15) is 12.4 Å². The van der Waals surface area contributed by atoms with E-state index in [1.807, 2.05) is 0 Å². The van der Waals surface area contributed by atoms with Crippen LogP contribution in [0.5, 0.6) is 5.75 Å². The van der Waals surface area contributed by atoms with Crippen LogP contribution in [0.3, 0.4) is 0 Å². The third kappa shape index (κ3) is 3.51. The Balaban J connectivity index is 1.62. The van der Waals surface area contributed by atoms with Crippen molar-refractivity contribution < 1.29 is 4.74 Å². The monoisotopic (exact) mass is 349 g/mol. The van der Waals surface area contributed by atoms with Crippen molar-refractivity contribution in [3.63, 3.8) is 0 Å². The first-order valence-corrected chi connectivity index (χ1v) is 8.29. The molecular formula is C16H16BrNOS. The Morgan fingerprint density at radius 1 is 1.15 bits per heavy atom. The summed E-state index contributed by atoms with van der Waals surface area (Å²) in [6.45, 7) is 2.67. The SMILES string of the molecule is Brc1ccc(COc2ccc(C3=CCNCC3)cc2)s1. The summed E-state index contributed by atoms with van der Waals surface area (Å²) in [6.07, 6.45) is 3.37. The van der Waals surface area contributed by atoms with Crippen molar-refractivity contribution in [2.45, 2.75) is 13.0 Å². The van der Waals surface area contributed by atoms with Gasteiger partial charge in [-0.3, -0.25) is 0 Å². The number of thiophene rings is 1. The van der Waals surface area contributed by atoms with Crippen LogP contribution in [-0.4, -0.2) is 13.1 Å². The van der Waals surface area contributed by atoms with Crippen LogP contribution in [-0.2, 0) is 6.61 Å². The van der Waals surface area contributed by atoms with Crippen molar-refractivity contribution in [2.75, 3.05) is 13.1 Å². The average Bonchev–Trinajstić information content (AvgIpc) is 2.92. The van der Waals surface area contributed by atoms with E-state index in [-0.39, 0.29) is 0 Å². The molecule has 0 saturated heterocycles. The molecule has 104 valence electrons. The Bertz CT molecular complexity index is 603. The van der Waals surface area contributed by atoms with Crippen LogP contribution in [0.2, 0.25) is 0 Å². The van der Waals surface area contributed by atoms with Gasteiger partial charge in [-0.1, -0.05) is 18.2 Å². The number of hydrogen-bond acceptors (Lipinski definition) is 3. The van der Waals surface area contributed by atoms with Crippen LogP contribution in [0.15, 0.2) is 46.3 Å². The van der Waals surface area contributed by atoms with Crippen molar-refractivity contribution in [1.82, 2.24) is 5.32 Å². The highest BCUT2D eigenvalue weighted by atomic mass is 79.9. The summed E-state index contributed by atoms with van der Waals surface area (Å²) in [7, 11) is 0. The fourth-order valence-electron chi connectivity index (χ4n) is 2.23. The largest absolute Gasteiger partial charge is 0.488 e. The Kier molecular flexibility index (Phi) is 4.55. The second-order valence-electron chi connectivity index (χ2n) is 4.70. The molecule has 1 aliphatic heterocycles. The predicted molar refractivity (Wildman–Crippen MR) is 88.3 cm³/mol. The molecule has 0 aliphatic carbocycles. The molecule has 2 nitrogen and oxygen atoms in total. The van der Waals surface area contributed by atoms with Gasteiger partial charge in [-0.2, -0.15) is 0 Å². The zero-order valence-electron chi connectivity index (χ0n) is 11.1. The van der Waals surface area contributed by atoms with Crippen LogP contribution in [0.1, 0.15) is 16.9 Å². The maximum atomic E-state index is 5.81. The lowest BCUT2D eigenvalue weighted by molar-refractivity contribution is 0.310. The number of ether oxygens (including phenoxy) is 1. The average molecular weight is 350 g/mol. The van der Waals surface area contributed by atoms with E-state index < -0.39 is 0 Å². The molecule has 0 amide bonds. The maximum Gasteiger partial charge on any atom is 0.122 e. The molecule has 4 heteroatoms. The number of halogens is 1. The summed E-state index contributed by atoms with van der Waals surface area (Å²) in [5.41, 5.74) is 2.73. The first-order chi connectivity index (χ1) is 9.81. The molecule has 0 spiro atoms. The predicted octanol–water partition coefficient (Wildman–Crippen LogP) is 4.47. The van der Waals surface area contributed by atoms with Crippen LogP contribution < -0.4 is 10.1 Å². The molecule has 0 fully saturated rings. The standard InChI is InChI=1S/C16H16BrNOS/c17-16-6-5-15(20-16)11-19-14-3-1-12(2-4-14)13-7-9-18-10-8-13/h1-7,18H,8-11H2. The minimum atomic E-state index is 0.627. The summed E-state index contributed by atoms with van der Waals surface area (Å²) in [5, 5.41) is 3.33. The van der Waals surface area contributed by atoms with Crippen molar-refractivity contribution >= 4 is 32.8 Å². The molecule has 2 heterocycles. The molecule has 1 aromatic carbocycles. The molecule has 3 rings (SSSR count). The number of rotatable bonds is 4. The second kappa shape index (κ2) is 6.57. The van der Waals surface area contributed by atoms with Gasteiger partial charge in [-0.15, -0.1) is 11.3 Å². The smallest absolute Gasteiger partial charge is 0.122 e. The molecule has 0 bridgehead atoms. The topological polar surface area (TPSA) is 21.3 Å². The number of hydrogen-bond donors (Lipinski definition) is 1. The lowest BCUT2D eigenvalue weighted by atomic mass is 10.0. The lowest BCUT2D eigenvalue weighted by Crippen LogP contribution is -2.19. The van der Waals surface area contributed by atoms with E-state index in [1.165, 1.54) is 16.0 Å². The molecule has 2 aromatic rings. The summed E-state index contributed by atoms with van der Waals surface area (Å²) >= 11 is 5.17. The highest BCUT2D eigenvalue weighted by molar-refractivity contribution is 9.11. The fourth-order valence-corrected chi connectivity index (χ4v) is 3.63. The van der Waals surface area contributed by atoms with Crippen LogP contribution in [0, 0.1) is 0 Å². The molecule has 1 N–H and O–H groups in total. The van der Waals surface area contributed by atoms with E-state index in [9.17, 15) is 0 Å².